The number of rotatable bonds is 4. The number of pyridine rings is 3. The van der Waals surface area contributed by atoms with E-state index in [0.717, 1.165) is 63.7 Å². The number of amides is 1. The van der Waals surface area contributed by atoms with Crippen LogP contribution in [0.5, 0.6) is 0 Å². The average Bonchev–Trinajstić information content (AvgIpc) is 3.36. The number of anilines is 1. The molecule has 0 aliphatic heterocycles. The molecular formula is C23H19N7O. The van der Waals surface area contributed by atoms with Crippen molar-refractivity contribution in [3.8, 4) is 22.6 Å². The molecule has 0 spiro atoms. The highest BCUT2D eigenvalue weighted by Crippen LogP contribution is 2.31. The number of H-pyrrole nitrogens is 2. The normalized spacial score (nSPS) is 14.1. The third kappa shape index (κ3) is 3.13. The first-order valence-corrected chi connectivity index (χ1v) is 10.3. The average molecular weight is 409 g/mol. The Kier molecular flexibility index (Phi) is 4.02. The van der Waals surface area contributed by atoms with Gasteiger partial charge in [-0.15, -0.1) is 0 Å². The van der Waals surface area contributed by atoms with E-state index in [1.165, 1.54) is 0 Å². The maximum absolute atomic E-state index is 12.3. The molecule has 3 N–H and O–H groups in total. The lowest BCUT2D eigenvalue weighted by Gasteiger charge is -2.24. The zero-order valence-corrected chi connectivity index (χ0v) is 16.6. The molecule has 5 heterocycles. The summed E-state index contributed by atoms with van der Waals surface area (Å²) in [6.07, 6.45) is 11.8. The van der Waals surface area contributed by atoms with Gasteiger partial charge < -0.3 is 10.3 Å². The van der Waals surface area contributed by atoms with Crippen LogP contribution in [0.4, 0.5) is 5.69 Å². The van der Waals surface area contributed by atoms with Crippen LogP contribution in [0, 0.1) is 5.92 Å². The zero-order valence-electron chi connectivity index (χ0n) is 16.6. The monoisotopic (exact) mass is 409 g/mol. The zero-order chi connectivity index (χ0) is 20.8. The van der Waals surface area contributed by atoms with Gasteiger partial charge in [-0.05, 0) is 37.1 Å². The summed E-state index contributed by atoms with van der Waals surface area (Å²) in [5.41, 5.74) is 5.86. The molecule has 0 bridgehead atoms. The first-order valence-electron chi connectivity index (χ1n) is 10.3. The van der Waals surface area contributed by atoms with Gasteiger partial charge in [-0.25, -0.2) is 0 Å². The van der Waals surface area contributed by atoms with Crippen LogP contribution in [0.25, 0.3) is 44.5 Å². The molecule has 0 unspecified atom stereocenters. The summed E-state index contributed by atoms with van der Waals surface area (Å²) in [4.78, 5) is 28.7. The van der Waals surface area contributed by atoms with Crippen LogP contribution in [-0.4, -0.2) is 36.0 Å². The van der Waals surface area contributed by atoms with Crippen molar-refractivity contribution < 1.29 is 4.79 Å². The standard InChI is InChI=1S/C23H19N7O/c31-23(13-2-1-3-13)27-16-6-14(10-25-11-16)19-8-17-21(12-26-19)29-30-22(17)20-7-15-9-24-5-4-18(15)28-20/h4-13,28H,1-3H2,(H,27,31)(H,29,30). The lowest BCUT2D eigenvalue weighted by molar-refractivity contribution is -0.122. The lowest BCUT2D eigenvalue weighted by atomic mass is 9.85. The molecule has 1 aliphatic rings. The summed E-state index contributed by atoms with van der Waals surface area (Å²) in [6.45, 7) is 0. The maximum atomic E-state index is 12.3. The van der Waals surface area contributed by atoms with Crippen LogP contribution in [-0.2, 0) is 4.79 Å². The van der Waals surface area contributed by atoms with Crippen LogP contribution in [0.15, 0.2) is 55.2 Å². The molecule has 1 fully saturated rings. The van der Waals surface area contributed by atoms with Gasteiger partial charge in [0.1, 0.15) is 5.69 Å². The second-order valence-corrected chi connectivity index (χ2v) is 7.91. The van der Waals surface area contributed by atoms with Crippen LogP contribution >= 0.6 is 0 Å². The summed E-state index contributed by atoms with van der Waals surface area (Å²) in [6, 6.07) is 7.88. The number of hydrogen-bond donors (Lipinski definition) is 3. The van der Waals surface area contributed by atoms with E-state index in [2.05, 4.69) is 35.5 Å². The van der Waals surface area contributed by atoms with Crippen molar-refractivity contribution in [3.63, 3.8) is 0 Å². The van der Waals surface area contributed by atoms with Gasteiger partial charge in [0.15, 0.2) is 0 Å². The molecule has 31 heavy (non-hydrogen) atoms. The van der Waals surface area contributed by atoms with Crippen molar-refractivity contribution in [2.45, 2.75) is 19.3 Å². The van der Waals surface area contributed by atoms with Crippen LogP contribution in [0.2, 0.25) is 0 Å². The van der Waals surface area contributed by atoms with Gasteiger partial charge in [0.2, 0.25) is 5.91 Å². The molecule has 152 valence electrons. The molecule has 0 atom stereocenters. The molecule has 8 heteroatoms. The molecular weight excluding hydrogens is 390 g/mol. The Balaban J connectivity index is 1.37. The Morgan fingerprint density at radius 2 is 1.97 bits per heavy atom. The van der Waals surface area contributed by atoms with Gasteiger partial charge in [0.25, 0.3) is 0 Å². The molecule has 0 aromatic carbocycles. The highest BCUT2D eigenvalue weighted by atomic mass is 16.1. The third-order valence-corrected chi connectivity index (χ3v) is 5.90. The van der Waals surface area contributed by atoms with Gasteiger partial charge in [-0.3, -0.25) is 24.8 Å². The molecule has 0 radical (unpaired) electrons. The smallest absolute Gasteiger partial charge is 0.227 e. The van der Waals surface area contributed by atoms with Gasteiger partial charge in [0, 0.05) is 46.4 Å². The van der Waals surface area contributed by atoms with Crippen molar-refractivity contribution in [3.05, 3.63) is 55.2 Å². The number of carbonyl (C=O) groups excluding carboxylic acids is 1. The summed E-state index contributed by atoms with van der Waals surface area (Å²) >= 11 is 0. The number of hydrogen-bond acceptors (Lipinski definition) is 5. The highest BCUT2D eigenvalue weighted by molar-refractivity contribution is 5.97. The first kappa shape index (κ1) is 17.8. The molecule has 0 saturated heterocycles. The van der Waals surface area contributed by atoms with Gasteiger partial charge in [-0.1, -0.05) is 6.42 Å². The molecule has 5 aromatic heterocycles. The minimum absolute atomic E-state index is 0.0685. The Labute approximate surface area is 177 Å². The Morgan fingerprint density at radius 1 is 1.03 bits per heavy atom. The maximum Gasteiger partial charge on any atom is 0.227 e. The SMILES string of the molecule is O=C(Nc1cncc(-c2cc3c(-c4cc5cnccc5[nH]4)n[nH]c3cn2)c1)C1CCC1. The summed E-state index contributed by atoms with van der Waals surface area (Å²) in [5, 5.41) is 12.5. The predicted molar refractivity (Wildman–Crippen MR) is 118 cm³/mol. The van der Waals surface area contributed by atoms with Crippen molar-refractivity contribution in [2.75, 3.05) is 5.32 Å². The third-order valence-electron chi connectivity index (χ3n) is 5.90. The van der Waals surface area contributed by atoms with Crippen molar-refractivity contribution in [1.82, 2.24) is 30.1 Å². The van der Waals surface area contributed by atoms with Crippen LogP contribution in [0.1, 0.15) is 19.3 Å². The van der Waals surface area contributed by atoms with Crippen molar-refractivity contribution >= 4 is 33.4 Å². The number of aromatic amines is 2. The second kappa shape index (κ2) is 7.02. The quantitative estimate of drug-likeness (QED) is 0.410. The highest BCUT2D eigenvalue weighted by Gasteiger charge is 2.25. The van der Waals surface area contributed by atoms with E-state index < -0.39 is 0 Å². The van der Waals surface area contributed by atoms with E-state index in [0.29, 0.717) is 5.69 Å². The van der Waals surface area contributed by atoms with E-state index in [-0.39, 0.29) is 11.8 Å². The molecule has 6 rings (SSSR count). The Morgan fingerprint density at radius 3 is 2.81 bits per heavy atom. The lowest BCUT2D eigenvalue weighted by Crippen LogP contribution is -2.28. The van der Waals surface area contributed by atoms with Crippen molar-refractivity contribution in [1.29, 1.82) is 0 Å². The van der Waals surface area contributed by atoms with Gasteiger partial charge >= 0.3 is 0 Å². The molecule has 5 aromatic rings. The fourth-order valence-electron chi connectivity index (χ4n) is 3.94. The summed E-state index contributed by atoms with van der Waals surface area (Å²) in [5.74, 6) is 0.192. The van der Waals surface area contributed by atoms with Gasteiger partial charge in [0.05, 0.1) is 35.0 Å². The molecule has 1 aliphatic carbocycles. The van der Waals surface area contributed by atoms with E-state index in [9.17, 15) is 4.79 Å². The van der Waals surface area contributed by atoms with E-state index in [1.807, 2.05) is 30.5 Å². The first-order chi connectivity index (χ1) is 15.2. The number of carbonyl (C=O) groups is 1. The second-order valence-electron chi connectivity index (χ2n) is 7.91. The minimum Gasteiger partial charge on any atom is -0.353 e. The van der Waals surface area contributed by atoms with Gasteiger partial charge in [-0.2, -0.15) is 5.10 Å². The Bertz CT molecular complexity index is 1400. The van der Waals surface area contributed by atoms with Crippen molar-refractivity contribution in [2.24, 2.45) is 5.92 Å². The summed E-state index contributed by atoms with van der Waals surface area (Å²) < 4.78 is 0. The number of fused-ring (bicyclic) bond motifs is 2. The Hall–Kier alpha value is -4.07. The van der Waals surface area contributed by atoms with E-state index >= 15 is 0 Å². The topological polar surface area (TPSA) is 112 Å². The number of aromatic nitrogens is 6. The minimum atomic E-state index is 0.0685. The van der Waals surface area contributed by atoms with E-state index in [4.69, 9.17) is 0 Å². The van der Waals surface area contributed by atoms with Crippen LogP contribution in [0.3, 0.4) is 0 Å². The predicted octanol–water partition coefficient (Wildman–Crippen LogP) is 4.30. The molecule has 8 nitrogen and oxygen atoms in total. The van der Waals surface area contributed by atoms with Crippen LogP contribution < -0.4 is 5.32 Å². The molecule has 1 amide bonds. The number of nitrogens with one attached hydrogen (secondary N) is 3. The number of nitrogens with zero attached hydrogens (tertiary/aromatic N) is 4. The summed E-state index contributed by atoms with van der Waals surface area (Å²) in [7, 11) is 0. The molecule has 1 saturated carbocycles. The fourth-order valence-corrected chi connectivity index (χ4v) is 3.94. The fraction of sp³-hybridized carbons (Fsp3) is 0.174. The largest absolute Gasteiger partial charge is 0.353 e. The van der Waals surface area contributed by atoms with E-state index in [1.54, 1.807) is 24.8 Å².